The fourth-order valence-corrected chi connectivity index (χ4v) is 5.69. The number of nitrogens with zero attached hydrogens (tertiary/aromatic N) is 6. The lowest BCUT2D eigenvalue weighted by Crippen LogP contribution is -2.55. The van der Waals surface area contributed by atoms with E-state index in [1.807, 2.05) is 18.2 Å². The Morgan fingerprint density at radius 3 is 2.54 bits per heavy atom. The molecule has 0 bridgehead atoms. The molecule has 8 heteroatoms. The lowest BCUT2D eigenvalue weighted by molar-refractivity contribution is 0.0293. The minimum absolute atomic E-state index is 0.177. The molecule has 2 unspecified atom stereocenters. The second-order valence-corrected chi connectivity index (χ2v) is 9.82. The minimum Gasteiger partial charge on any atom is -0.390 e. The Kier molecular flexibility index (Phi) is 6.22. The fraction of sp³-hybridized carbons (Fsp3) is 0.444. The Morgan fingerprint density at radius 2 is 1.69 bits per heavy atom. The van der Waals surface area contributed by atoms with Gasteiger partial charge in [-0.05, 0) is 48.9 Å². The molecule has 3 aliphatic rings. The summed E-state index contributed by atoms with van der Waals surface area (Å²) in [6.07, 6.45) is 5.58. The lowest BCUT2D eigenvalue weighted by atomic mass is 9.94. The van der Waals surface area contributed by atoms with E-state index in [0.717, 1.165) is 63.0 Å². The third-order valence-electron chi connectivity index (χ3n) is 7.57. The van der Waals surface area contributed by atoms with Crippen LogP contribution in [0.2, 0.25) is 0 Å². The van der Waals surface area contributed by atoms with Crippen molar-refractivity contribution in [2.24, 2.45) is 0 Å². The Balaban J connectivity index is 1.10. The van der Waals surface area contributed by atoms with Crippen LogP contribution in [0.1, 0.15) is 30.4 Å². The number of anilines is 4. The molecule has 0 saturated carbocycles. The van der Waals surface area contributed by atoms with E-state index in [2.05, 4.69) is 60.3 Å². The second-order valence-electron chi connectivity index (χ2n) is 9.82. The monoisotopic (exact) mass is 471 g/mol. The Hall–Kier alpha value is -3.23. The third kappa shape index (κ3) is 4.81. The fourth-order valence-electron chi connectivity index (χ4n) is 5.69. The first-order chi connectivity index (χ1) is 17.2. The van der Waals surface area contributed by atoms with Crippen molar-refractivity contribution in [2.45, 2.75) is 44.4 Å². The molecule has 2 fully saturated rings. The molecule has 2 saturated heterocycles. The molecule has 0 spiro atoms. The predicted molar refractivity (Wildman–Crippen MR) is 138 cm³/mol. The highest BCUT2D eigenvalue weighted by molar-refractivity contribution is 5.58. The zero-order valence-corrected chi connectivity index (χ0v) is 20.1. The molecule has 3 aliphatic heterocycles. The highest BCUT2D eigenvalue weighted by atomic mass is 16.3. The Labute approximate surface area is 206 Å². The summed E-state index contributed by atoms with van der Waals surface area (Å²) in [4.78, 5) is 20.6. The van der Waals surface area contributed by atoms with Crippen LogP contribution in [0.25, 0.3) is 0 Å². The number of β-amino-alcohol motifs (C(OH)–C–C–N with tert-alkyl or cyclic N) is 1. The summed E-state index contributed by atoms with van der Waals surface area (Å²) in [5.41, 5.74) is 2.83. The molecule has 2 aromatic heterocycles. The van der Waals surface area contributed by atoms with E-state index in [1.165, 1.54) is 24.0 Å². The number of aromatic nitrogens is 3. The van der Waals surface area contributed by atoms with Gasteiger partial charge in [0.25, 0.3) is 0 Å². The van der Waals surface area contributed by atoms with Crippen molar-refractivity contribution in [3.8, 4) is 0 Å². The molecule has 3 aromatic rings. The van der Waals surface area contributed by atoms with Crippen molar-refractivity contribution < 1.29 is 5.11 Å². The van der Waals surface area contributed by atoms with Gasteiger partial charge in [-0.15, -0.1) is 0 Å². The maximum absolute atomic E-state index is 11.1. The van der Waals surface area contributed by atoms with Gasteiger partial charge < -0.3 is 20.2 Å². The van der Waals surface area contributed by atoms with Gasteiger partial charge in [-0.1, -0.05) is 30.3 Å². The molecule has 2 atom stereocenters. The summed E-state index contributed by atoms with van der Waals surface area (Å²) >= 11 is 0. The summed E-state index contributed by atoms with van der Waals surface area (Å²) in [5.74, 6) is 3.33. The first kappa shape index (κ1) is 22.2. The van der Waals surface area contributed by atoms with Crippen LogP contribution in [-0.2, 0) is 13.0 Å². The molecule has 0 radical (unpaired) electrons. The minimum atomic E-state index is -0.417. The summed E-state index contributed by atoms with van der Waals surface area (Å²) < 4.78 is 0. The number of hydrogen-bond donors (Lipinski definition) is 2. The van der Waals surface area contributed by atoms with E-state index in [4.69, 9.17) is 4.98 Å². The summed E-state index contributed by atoms with van der Waals surface area (Å²) in [6, 6.07) is 16.9. The van der Waals surface area contributed by atoms with E-state index >= 15 is 0 Å². The SMILES string of the molecule is OC1CN(c2cc(Nc3cccc(N4CCCC4)n3)ncn2)CCC1N1CCc2ccccc2C1. The average Bonchev–Trinajstić information content (AvgIpc) is 3.44. The van der Waals surface area contributed by atoms with Crippen LogP contribution in [-0.4, -0.2) is 69.8 Å². The van der Waals surface area contributed by atoms with E-state index in [0.29, 0.717) is 12.4 Å². The number of fused-ring (bicyclic) bond motifs is 1. The van der Waals surface area contributed by atoms with Gasteiger partial charge in [0.2, 0.25) is 0 Å². The van der Waals surface area contributed by atoms with Gasteiger partial charge >= 0.3 is 0 Å². The van der Waals surface area contributed by atoms with Crippen LogP contribution < -0.4 is 15.1 Å². The van der Waals surface area contributed by atoms with Gasteiger partial charge in [-0.25, -0.2) is 15.0 Å². The smallest absolute Gasteiger partial charge is 0.137 e. The number of aliphatic hydroxyl groups is 1. The largest absolute Gasteiger partial charge is 0.390 e. The third-order valence-corrected chi connectivity index (χ3v) is 7.57. The van der Waals surface area contributed by atoms with Crippen molar-refractivity contribution in [3.05, 3.63) is 66.0 Å². The van der Waals surface area contributed by atoms with Crippen molar-refractivity contribution in [1.82, 2.24) is 19.9 Å². The number of rotatable bonds is 5. The van der Waals surface area contributed by atoms with Crippen LogP contribution in [0.3, 0.4) is 0 Å². The predicted octanol–water partition coefficient (Wildman–Crippen LogP) is 3.21. The number of benzene rings is 1. The van der Waals surface area contributed by atoms with Crippen molar-refractivity contribution in [1.29, 1.82) is 0 Å². The highest BCUT2D eigenvalue weighted by Gasteiger charge is 2.34. The molecular weight excluding hydrogens is 438 g/mol. The van der Waals surface area contributed by atoms with Crippen molar-refractivity contribution in [2.75, 3.05) is 47.8 Å². The molecule has 35 heavy (non-hydrogen) atoms. The Bertz CT molecular complexity index is 1170. The number of hydrogen-bond acceptors (Lipinski definition) is 8. The van der Waals surface area contributed by atoms with Gasteiger partial charge in [0.1, 0.15) is 29.6 Å². The maximum atomic E-state index is 11.1. The first-order valence-corrected chi connectivity index (χ1v) is 12.8. The highest BCUT2D eigenvalue weighted by Crippen LogP contribution is 2.28. The topological polar surface area (TPSA) is 80.7 Å². The van der Waals surface area contributed by atoms with Gasteiger partial charge in [0.15, 0.2) is 0 Å². The number of nitrogens with one attached hydrogen (secondary N) is 1. The molecule has 0 amide bonds. The zero-order valence-electron chi connectivity index (χ0n) is 20.1. The van der Waals surface area contributed by atoms with Gasteiger partial charge in [0, 0.05) is 51.4 Å². The maximum Gasteiger partial charge on any atom is 0.137 e. The van der Waals surface area contributed by atoms with Crippen LogP contribution in [0, 0.1) is 0 Å². The second kappa shape index (κ2) is 9.79. The molecule has 182 valence electrons. The zero-order chi connectivity index (χ0) is 23.6. The van der Waals surface area contributed by atoms with Crippen molar-refractivity contribution >= 4 is 23.3 Å². The molecule has 8 nitrogen and oxygen atoms in total. The molecule has 5 heterocycles. The normalized spacial score (nSPS) is 22.8. The van der Waals surface area contributed by atoms with Crippen LogP contribution >= 0.6 is 0 Å². The van der Waals surface area contributed by atoms with Gasteiger partial charge in [-0.2, -0.15) is 0 Å². The quantitative estimate of drug-likeness (QED) is 0.587. The standard InChI is InChI=1S/C27H33N7O/c35-23-18-34(15-11-22(23)33-14-10-20-6-1-2-7-21(20)17-33)27-16-25(28-19-29-27)30-24-8-5-9-26(31-24)32-12-3-4-13-32/h1-2,5-9,16,19,22-23,35H,3-4,10-15,17-18H2,(H,28,29,30,31). The van der Waals surface area contributed by atoms with E-state index in [1.54, 1.807) is 6.33 Å². The summed E-state index contributed by atoms with van der Waals surface area (Å²) in [7, 11) is 0. The van der Waals surface area contributed by atoms with E-state index < -0.39 is 6.10 Å². The van der Waals surface area contributed by atoms with Crippen LogP contribution in [0.15, 0.2) is 54.9 Å². The van der Waals surface area contributed by atoms with E-state index in [-0.39, 0.29) is 6.04 Å². The average molecular weight is 472 g/mol. The van der Waals surface area contributed by atoms with Gasteiger partial charge in [-0.3, -0.25) is 4.90 Å². The number of aliphatic hydroxyl groups excluding tert-OH is 1. The molecule has 0 aliphatic carbocycles. The van der Waals surface area contributed by atoms with Crippen molar-refractivity contribution in [3.63, 3.8) is 0 Å². The number of piperidine rings is 1. The number of pyridine rings is 1. The molecule has 1 aromatic carbocycles. The molecular formula is C27H33N7O. The molecule has 6 rings (SSSR count). The van der Waals surface area contributed by atoms with E-state index in [9.17, 15) is 5.11 Å². The van der Waals surface area contributed by atoms with Crippen LogP contribution in [0.4, 0.5) is 23.3 Å². The first-order valence-electron chi connectivity index (χ1n) is 12.8. The van der Waals surface area contributed by atoms with Gasteiger partial charge in [0.05, 0.1) is 6.10 Å². The molecule has 2 N–H and O–H groups in total. The summed E-state index contributed by atoms with van der Waals surface area (Å²) in [6.45, 7) is 5.49. The lowest BCUT2D eigenvalue weighted by Gasteiger charge is -2.43. The van der Waals surface area contributed by atoms with Crippen LogP contribution in [0.5, 0.6) is 0 Å². The Morgan fingerprint density at radius 1 is 0.829 bits per heavy atom. The summed E-state index contributed by atoms with van der Waals surface area (Å²) in [5, 5.41) is 14.4.